The average Bonchev–Trinajstić information content (AvgIpc) is 2.37. The Labute approximate surface area is 128 Å². The summed E-state index contributed by atoms with van der Waals surface area (Å²) in [5.41, 5.74) is 3.40. The number of ether oxygens (including phenoxy) is 1. The monoisotopic (exact) mass is 319 g/mol. The summed E-state index contributed by atoms with van der Waals surface area (Å²) in [6, 6.07) is 3.46. The SMILES string of the molecule is CCCOc1c(Cl)cc(/C=N/NC(=S)NC)cc1Cl. The molecule has 1 aromatic rings. The molecular formula is C12H15Cl2N3OS. The Morgan fingerprint density at radius 3 is 2.58 bits per heavy atom. The van der Waals surface area contributed by atoms with Crippen molar-refractivity contribution in [3.05, 3.63) is 27.7 Å². The molecule has 0 amide bonds. The molecule has 19 heavy (non-hydrogen) atoms. The Kier molecular flexibility index (Phi) is 6.91. The number of rotatable bonds is 5. The fourth-order valence-electron chi connectivity index (χ4n) is 1.22. The van der Waals surface area contributed by atoms with Crippen LogP contribution in [0.1, 0.15) is 18.9 Å². The first-order valence-electron chi connectivity index (χ1n) is 5.71. The number of hydrogen-bond donors (Lipinski definition) is 2. The van der Waals surface area contributed by atoms with Crippen LogP contribution in [0.2, 0.25) is 10.0 Å². The molecule has 0 heterocycles. The van der Waals surface area contributed by atoms with Crippen molar-refractivity contribution < 1.29 is 4.74 Å². The second-order valence-electron chi connectivity index (χ2n) is 3.61. The van der Waals surface area contributed by atoms with Crippen LogP contribution in [0.15, 0.2) is 17.2 Å². The Morgan fingerprint density at radius 1 is 1.42 bits per heavy atom. The van der Waals surface area contributed by atoms with Crippen LogP contribution in [-0.4, -0.2) is 25.0 Å². The van der Waals surface area contributed by atoms with Crippen molar-refractivity contribution in [1.29, 1.82) is 0 Å². The van der Waals surface area contributed by atoms with Gasteiger partial charge in [-0.1, -0.05) is 30.1 Å². The predicted molar refractivity (Wildman–Crippen MR) is 84.6 cm³/mol. The van der Waals surface area contributed by atoms with Crippen LogP contribution in [0, 0.1) is 0 Å². The van der Waals surface area contributed by atoms with E-state index in [2.05, 4.69) is 15.8 Å². The Morgan fingerprint density at radius 2 is 2.05 bits per heavy atom. The lowest BCUT2D eigenvalue weighted by Crippen LogP contribution is -2.28. The number of nitrogens with zero attached hydrogens (tertiary/aromatic N) is 1. The van der Waals surface area contributed by atoms with Gasteiger partial charge in [0.15, 0.2) is 10.9 Å². The molecule has 0 aliphatic heterocycles. The average molecular weight is 320 g/mol. The van der Waals surface area contributed by atoms with E-state index in [-0.39, 0.29) is 0 Å². The quantitative estimate of drug-likeness (QED) is 0.497. The molecule has 2 N–H and O–H groups in total. The zero-order valence-corrected chi connectivity index (χ0v) is 13.0. The summed E-state index contributed by atoms with van der Waals surface area (Å²) in [6.07, 6.45) is 2.46. The third-order valence-electron chi connectivity index (χ3n) is 2.08. The lowest BCUT2D eigenvalue weighted by molar-refractivity contribution is 0.318. The molecule has 4 nitrogen and oxygen atoms in total. The fraction of sp³-hybridized carbons (Fsp3) is 0.333. The fourth-order valence-corrected chi connectivity index (χ4v) is 1.88. The Hall–Kier alpha value is -1.04. The summed E-state index contributed by atoms with van der Waals surface area (Å²) in [5, 5.41) is 8.03. The minimum absolute atomic E-state index is 0.427. The first kappa shape index (κ1) is 16.0. The number of thiocarbonyl (C=S) groups is 1. The normalized spacial score (nSPS) is 10.5. The van der Waals surface area contributed by atoms with E-state index in [4.69, 9.17) is 40.2 Å². The molecule has 0 saturated heterocycles. The highest BCUT2D eigenvalue weighted by Gasteiger charge is 2.08. The van der Waals surface area contributed by atoms with Gasteiger partial charge in [-0.15, -0.1) is 0 Å². The minimum atomic E-state index is 0.427. The van der Waals surface area contributed by atoms with Crippen molar-refractivity contribution in [2.45, 2.75) is 13.3 Å². The molecule has 0 spiro atoms. The second-order valence-corrected chi connectivity index (χ2v) is 4.83. The van der Waals surface area contributed by atoms with E-state index < -0.39 is 0 Å². The molecule has 1 aromatic carbocycles. The number of benzene rings is 1. The van der Waals surface area contributed by atoms with Gasteiger partial charge in [0.2, 0.25) is 0 Å². The lowest BCUT2D eigenvalue weighted by Gasteiger charge is -2.09. The Bertz CT molecular complexity index is 457. The highest BCUT2D eigenvalue weighted by atomic mass is 35.5. The van der Waals surface area contributed by atoms with Gasteiger partial charge in [-0.05, 0) is 36.3 Å². The molecule has 0 atom stereocenters. The van der Waals surface area contributed by atoms with Crippen molar-refractivity contribution in [3.63, 3.8) is 0 Å². The largest absolute Gasteiger partial charge is 0.490 e. The maximum Gasteiger partial charge on any atom is 0.186 e. The van der Waals surface area contributed by atoms with Gasteiger partial charge >= 0.3 is 0 Å². The zero-order valence-electron chi connectivity index (χ0n) is 10.7. The summed E-state index contributed by atoms with van der Waals surface area (Å²) < 4.78 is 5.48. The molecule has 0 bridgehead atoms. The van der Waals surface area contributed by atoms with Gasteiger partial charge in [0, 0.05) is 7.05 Å². The van der Waals surface area contributed by atoms with E-state index in [1.807, 2.05) is 6.92 Å². The van der Waals surface area contributed by atoms with Gasteiger partial charge in [-0.25, -0.2) is 0 Å². The molecule has 0 aliphatic carbocycles. The molecule has 0 saturated carbocycles. The van der Waals surface area contributed by atoms with Crippen molar-refractivity contribution in [2.24, 2.45) is 5.10 Å². The maximum absolute atomic E-state index is 6.11. The van der Waals surface area contributed by atoms with Crippen LogP contribution in [0.4, 0.5) is 0 Å². The summed E-state index contributed by atoms with van der Waals surface area (Å²) in [4.78, 5) is 0. The highest BCUT2D eigenvalue weighted by molar-refractivity contribution is 7.80. The van der Waals surface area contributed by atoms with E-state index in [0.717, 1.165) is 12.0 Å². The van der Waals surface area contributed by atoms with E-state index in [0.29, 0.717) is 27.5 Å². The third kappa shape index (κ3) is 5.22. The molecule has 7 heteroatoms. The van der Waals surface area contributed by atoms with E-state index in [1.54, 1.807) is 25.4 Å². The van der Waals surface area contributed by atoms with Gasteiger partial charge in [0.05, 0.1) is 22.9 Å². The lowest BCUT2D eigenvalue weighted by atomic mass is 10.2. The van der Waals surface area contributed by atoms with E-state index in [1.165, 1.54) is 0 Å². The molecule has 0 aliphatic rings. The van der Waals surface area contributed by atoms with Crippen LogP contribution in [-0.2, 0) is 0 Å². The standard InChI is InChI=1S/C12H15Cl2N3OS/c1-3-4-18-11-9(13)5-8(6-10(11)14)7-16-17-12(19)15-2/h5-7H,3-4H2,1-2H3,(H2,15,17,19)/b16-7+. The van der Waals surface area contributed by atoms with Crippen LogP contribution in [0.3, 0.4) is 0 Å². The van der Waals surface area contributed by atoms with E-state index in [9.17, 15) is 0 Å². The summed E-state index contributed by atoms with van der Waals surface area (Å²) in [5.74, 6) is 0.501. The highest BCUT2D eigenvalue weighted by Crippen LogP contribution is 2.33. The molecule has 1 rings (SSSR count). The smallest absolute Gasteiger partial charge is 0.186 e. The molecule has 0 unspecified atom stereocenters. The number of hydrogen-bond acceptors (Lipinski definition) is 3. The first-order valence-corrected chi connectivity index (χ1v) is 6.87. The summed E-state index contributed by atoms with van der Waals surface area (Å²) >= 11 is 17.1. The van der Waals surface area contributed by atoms with Gasteiger partial charge in [-0.3, -0.25) is 5.43 Å². The van der Waals surface area contributed by atoms with Crippen LogP contribution < -0.4 is 15.5 Å². The Balaban J connectivity index is 2.79. The van der Waals surface area contributed by atoms with Gasteiger partial charge in [0.25, 0.3) is 0 Å². The summed E-state index contributed by atoms with van der Waals surface area (Å²) in [7, 11) is 1.71. The summed E-state index contributed by atoms with van der Waals surface area (Å²) in [6.45, 7) is 2.59. The topological polar surface area (TPSA) is 45.6 Å². The predicted octanol–water partition coefficient (Wildman–Crippen LogP) is 3.21. The van der Waals surface area contributed by atoms with Crippen molar-refractivity contribution in [3.8, 4) is 5.75 Å². The molecule has 0 fully saturated rings. The molecule has 0 aromatic heterocycles. The van der Waals surface area contributed by atoms with Crippen molar-refractivity contribution in [2.75, 3.05) is 13.7 Å². The first-order chi connectivity index (χ1) is 9.08. The van der Waals surface area contributed by atoms with Gasteiger partial charge in [-0.2, -0.15) is 5.10 Å². The van der Waals surface area contributed by atoms with Crippen molar-refractivity contribution >= 4 is 46.7 Å². The number of hydrazone groups is 1. The third-order valence-corrected chi connectivity index (χ3v) is 2.93. The zero-order chi connectivity index (χ0) is 14.3. The van der Waals surface area contributed by atoms with Gasteiger partial charge < -0.3 is 10.1 Å². The molecule has 0 radical (unpaired) electrons. The van der Waals surface area contributed by atoms with Crippen LogP contribution >= 0.6 is 35.4 Å². The van der Waals surface area contributed by atoms with Crippen LogP contribution in [0.5, 0.6) is 5.75 Å². The maximum atomic E-state index is 6.11. The molecule has 104 valence electrons. The number of halogens is 2. The minimum Gasteiger partial charge on any atom is -0.490 e. The number of nitrogens with one attached hydrogen (secondary N) is 2. The molecular weight excluding hydrogens is 305 g/mol. The van der Waals surface area contributed by atoms with Gasteiger partial charge in [0.1, 0.15) is 0 Å². The second kappa shape index (κ2) is 8.19. The van der Waals surface area contributed by atoms with Crippen LogP contribution in [0.25, 0.3) is 0 Å². The van der Waals surface area contributed by atoms with E-state index >= 15 is 0 Å². The van der Waals surface area contributed by atoms with Crippen molar-refractivity contribution in [1.82, 2.24) is 10.7 Å².